The van der Waals surface area contributed by atoms with Crippen molar-refractivity contribution in [3.63, 3.8) is 0 Å². The van der Waals surface area contributed by atoms with Gasteiger partial charge in [0.25, 0.3) is 0 Å². The Morgan fingerprint density at radius 1 is 0.919 bits per heavy atom. The van der Waals surface area contributed by atoms with Gasteiger partial charge in [-0.1, -0.05) is 36.4 Å². The number of amides is 1. The van der Waals surface area contributed by atoms with E-state index < -0.39 is 46.6 Å². The summed E-state index contributed by atoms with van der Waals surface area (Å²) in [4.78, 5) is 13.6. The molecule has 200 valence electrons. The molecule has 2 aromatic carbocycles. The maximum atomic E-state index is 13.6. The summed E-state index contributed by atoms with van der Waals surface area (Å²) in [6.45, 7) is 4.49. The lowest BCUT2D eigenvalue weighted by atomic mass is 9.73. The molecule has 2 fully saturated rings. The lowest BCUT2D eigenvalue weighted by Gasteiger charge is -2.45. The van der Waals surface area contributed by atoms with Crippen molar-refractivity contribution in [2.24, 2.45) is 0 Å². The number of ether oxygens (including phenoxy) is 2. The van der Waals surface area contributed by atoms with Crippen LogP contribution < -0.4 is 5.32 Å². The molecule has 1 saturated heterocycles. The molecule has 4 rings (SSSR count). The molecule has 1 N–H and O–H groups in total. The number of alkyl halides is 6. The van der Waals surface area contributed by atoms with Gasteiger partial charge in [0, 0.05) is 12.8 Å². The lowest BCUT2D eigenvalue weighted by molar-refractivity contribution is -0.187. The molecular formula is C27H27F6NO3. The van der Waals surface area contributed by atoms with Gasteiger partial charge in [0.2, 0.25) is 5.91 Å². The molecule has 0 aromatic heterocycles. The fourth-order valence-corrected chi connectivity index (χ4v) is 5.15. The number of rotatable bonds is 6. The van der Waals surface area contributed by atoms with Crippen molar-refractivity contribution >= 4 is 5.91 Å². The minimum absolute atomic E-state index is 0.0556. The number of benzene rings is 2. The molecule has 0 bridgehead atoms. The molecule has 1 saturated carbocycles. The molecule has 0 radical (unpaired) electrons. The first-order valence-electron chi connectivity index (χ1n) is 11.9. The maximum absolute atomic E-state index is 13.6. The van der Waals surface area contributed by atoms with E-state index in [1.165, 1.54) is 6.08 Å². The van der Waals surface area contributed by atoms with Crippen LogP contribution >= 0.6 is 0 Å². The minimum atomic E-state index is -5.02. The molecule has 1 unspecified atom stereocenters. The molecule has 4 nitrogen and oxygen atoms in total. The van der Waals surface area contributed by atoms with E-state index in [2.05, 4.69) is 11.9 Å². The predicted octanol–water partition coefficient (Wildman–Crippen LogP) is 6.71. The van der Waals surface area contributed by atoms with Crippen molar-refractivity contribution in [3.8, 4) is 0 Å². The maximum Gasteiger partial charge on any atom is 0.416 e. The van der Waals surface area contributed by atoms with Crippen molar-refractivity contribution in [1.29, 1.82) is 0 Å². The van der Waals surface area contributed by atoms with Crippen LogP contribution in [0, 0.1) is 0 Å². The van der Waals surface area contributed by atoms with Crippen LogP contribution in [0.2, 0.25) is 0 Å². The Labute approximate surface area is 210 Å². The van der Waals surface area contributed by atoms with E-state index >= 15 is 0 Å². The molecule has 1 heterocycles. The molecule has 2 aliphatic rings. The van der Waals surface area contributed by atoms with Gasteiger partial charge in [0.05, 0.1) is 35.8 Å². The van der Waals surface area contributed by atoms with Crippen molar-refractivity contribution < 1.29 is 40.6 Å². The topological polar surface area (TPSA) is 47.6 Å². The van der Waals surface area contributed by atoms with Crippen LogP contribution in [-0.4, -0.2) is 24.9 Å². The Hall–Kier alpha value is -2.85. The molecule has 37 heavy (non-hydrogen) atoms. The number of hydrogen-bond acceptors (Lipinski definition) is 3. The summed E-state index contributed by atoms with van der Waals surface area (Å²) >= 11 is 0. The van der Waals surface area contributed by atoms with Crippen LogP contribution in [0.4, 0.5) is 26.3 Å². The van der Waals surface area contributed by atoms with E-state index in [9.17, 15) is 31.1 Å². The number of carbonyl (C=O) groups excluding carboxylic acids is 1. The Morgan fingerprint density at radius 3 is 1.95 bits per heavy atom. The van der Waals surface area contributed by atoms with Crippen LogP contribution in [0.1, 0.15) is 60.3 Å². The van der Waals surface area contributed by atoms with Gasteiger partial charge in [-0.2, -0.15) is 26.3 Å². The first-order valence-corrected chi connectivity index (χ1v) is 11.9. The fraction of sp³-hybridized carbons (Fsp3) is 0.444. The summed E-state index contributed by atoms with van der Waals surface area (Å²) in [6.07, 6.45) is -7.11. The summed E-state index contributed by atoms with van der Waals surface area (Å²) in [5.41, 5.74) is -3.42. The zero-order chi connectivity index (χ0) is 26.9. The second-order valence-corrected chi connectivity index (χ2v) is 9.46. The highest BCUT2D eigenvalue weighted by molar-refractivity contribution is 5.85. The summed E-state index contributed by atoms with van der Waals surface area (Å²) in [6, 6.07) is 10.4. The Kier molecular flexibility index (Phi) is 7.45. The standard InChI is InChI=1S/C27H27F6NO3/c1-2-6-22(18-15-20(26(28,29)30)17-21(16-18)27(31,32)33)23(35)34-24(19-7-4-3-5-8-19)9-11-25(12-10-24)36-13-14-37-25/h2-5,7-8,15-17,22H,1,6,9-14H2,(H,34,35). The van der Waals surface area contributed by atoms with E-state index in [1.54, 1.807) is 12.1 Å². The third kappa shape index (κ3) is 5.85. The molecule has 1 aliphatic carbocycles. The molecular weight excluding hydrogens is 500 g/mol. The largest absolute Gasteiger partial charge is 0.416 e. The summed E-state index contributed by atoms with van der Waals surface area (Å²) in [7, 11) is 0. The smallest absolute Gasteiger partial charge is 0.348 e. The number of allylic oxidation sites excluding steroid dienone is 1. The fourth-order valence-electron chi connectivity index (χ4n) is 5.15. The number of hydrogen-bond donors (Lipinski definition) is 1. The zero-order valence-electron chi connectivity index (χ0n) is 19.9. The highest BCUT2D eigenvalue weighted by Gasteiger charge is 2.48. The molecule has 1 atom stereocenters. The number of carbonyl (C=O) groups is 1. The molecule has 1 spiro atoms. The average molecular weight is 528 g/mol. The van der Waals surface area contributed by atoms with Gasteiger partial charge in [-0.25, -0.2) is 0 Å². The quantitative estimate of drug-likeness (QED) is 0.336. The van der Waals surface area contributed by atoms with Gasteiger partial charge >= 0.3 is 12.4 Å². The molecule has 10 heteroatoms. The lowest BCUT2D eigenvalue weighted by Crippen LogP contribution is -2.53. The monoisotopic (exact) mass is 527 g/mol. The van der Waals surface area contributed by atoms with Crippen molar-refractivity contribution in [2.75, 3.05) is 13.2 Å². The second kappa shape index (κ2) is 10.1. The average Bonchev–Trinajstić information content (AvgIpc) is 3.31. The highest BCUT2D eigenvalue weighted by atomic mass is 19.4. The predicted molar refractivity (Wildman–Crippen MR) is 123 cm³/mol. The third-order valence-corrected chi connectivity index (χ3v) is 7.10. The Balaban J connectivity index is 1.70. The van der Waals surface area contributed by atoms with Crippen LogP contribution in [0.25, 0.3) is 0 Å². The Morgan fingerprint density at radius 2 is 1.46 bits per heavy atom. The third-order valence-electron chi connectivity index (χ3n) is 7.10. The zero-order valence-corrected chi connectivity index (χ0v) is 19.9. The summed E-state index contributed by atoms with van der Waals surface area (Å²) in [5, 5.41) is 2.99. The minimum Gasteiger partial charge on any atom is -0.348 e. The van der Waals surface area contributed by atoms with Gasteiger partial charge in [-0.15, -0.1) is 6.58 Å². The van der Waals surface area contributed by atoms with Gasteiger partial charge in [-0.3, -0.25) is 4.79 Å². The Bertz CT molecular complexity index is 1080. The highest BCUT2D eigenvalue weighted by Crippen LogP contribution is 2.46. The van der Waals surface area contributed by atoms with Gasteiger partial charge in [0.15, 0.2) is 5.79 Å². The number of halogens is 6. The van der Waals surface area contributed by atoms with Crippen LogP contribution in [-0.2, 0) is 32.2 Å². The summed E-state index contributed by atoms with van der Waals surface area (Å²) < 4.78 is 92.4. The van der Waals surface area contributed by atoms with E-state index in [1.807, 2.05) is 18.2 Å². The molecule has 1 aliphatic heterocycles. The van der Waals surface area contributed by atoms with Crippen LogP contribution in [0.5, 0.6) is 0 Å². The first kappa shape index (κ1) is 27.2. The van der Waals surface area contributed by atoms with Crippen molar-refractivity contribution in [1.82, 2.24) is 5.32 Å². The number of nitrogens with one attached hydrogen (secondary N) is 1. The van der Waals surface area contributed by atoms with Crippen molar-refractivity contribution in [3.05, 3.63) is 83.4 Å². The van der Waals surface area contributed by atoms with E-state index in [-0.39, 0.29) is 18.1 Å². The van der Waals surface area contributed by atoms with E-state index in [0.717, 1.165) is 5.56 Å². The van der Waals surface area contributed by atoms with Gasteiger partial charge in [-0.05, 0) is 48.6 Å². The van der Waals surface area contributed by atoms with Crippen molar-refractivity contribution in [2.45, 2.75) is 61.7 Å². The molecule has 1 amide bonds. The van der Waals surface area contributed by atoms with E-state index in [4.69, 9.17) is 9.47 Å². The van der Waals surface area contributed by atoms with Crippen LogP contribution in [0.15, 0.2) is 61.2 Å². The molecule has 2 aromatic rings. The summed E-state index contributed by atoms with van der Waals surface area (Å²) in [5.74, 6) is -2.73. The van der Waals surface area contributed by atoms with E-state index in [0.29, 0.717) is 51.0 Å². The SMILES string of the molecule is C=CCC(C(=O)NC1(c2ccccc2)CCC2(CC1)OCCO2)c1cc(C(F)(F)F)cc(C(F)(F)F)c1. The van der Waals surface area contributed by atoms with Gasteiger partial charge < -0.3 is 14.8 Å². The first-order chi connectivity index (χ1) is 17.4. The van der Waals surface area contributed by atoms with Crippen LogP contribution in [0.3, 0.4) is 0 Å². The normalized spacial score (nSPS) is 19.9. The second-order valence-electron chi connectivity index (χ2n) is 9.46. The van der Waals surface area contributed by atoms with Gasteiger partial charge in [0.1, 0.15) is 0 Å².